The van der Waals surface area contributed by atoms with Crippen LogP contribution >= 0.6 is 0 Å². The Kier molecular flexibility index (Phi) is 6.78. The molecule has 27 heavy (non-hydrogen) atoms. The van der Waals surface area contributed by atoms with E-state index >= 15 is 0 Å². The Hall–Kier alpha value is -3.53. The fourth-order valence-corrected chi connectivity index (χ4v) is 2.48. The summed E-state index contributed by atoms with van der Waals surface area (Å²) in [7, 11) is 3.71. The zero-order chi connectivity index (χ0) is 19.8. The van der Waals surface area contributed by atoms with Gasteiger partial charge >= 0.3 is 6.03 Å². The molecule has 0 spiro atoms. The Morgan fingerprint density at radius 3 is 2.41 bits per heavy atom. The lowest BCUT2D eigenvalue weighted by Gasteiger charge is -2.18. The maximum absolute atomic E-state index is 12.4. The first-order valence-corrected chi connectivity index (χ1v) is 8.62. The second-order valence-corrected chi connectivity index (χ2v) is 6.15. The first-order valence-electron chi connectivity index (χ1n) is 8.62. The van der Waals surface area contributed by atoms with Crippen molar-refractivity contribution in [1.82, 2.24) is 5.32 Å². The molecule has 0 saturated carbocycles. The summed E-state index contributed by atoms with van der Waals surface area (Å²) < 4.78 is 0. The zero-order valence-corrected chi connectivity index (χ0v) is 15.7. The number of nitrogens with zero attached hydrogens (tertiary/aromatic N) is 2. The maximum atomic E-state index is 12.4. The van der Waals surface area contributed by atoms with E-state index in [1.54, 1.807) is 42.5 Å². The molecule has 0 aliphatic heterocycles. The van der Waals surface area contributed by atoms with Gasteiger partial charge in [0.15, 0.2) is 0 Å². The minimum absolute atomic E-state index is 0.189. The highest BCUT2D eigenvalue weighted by Crippen LogP contribution is 2.23. The third-order valence-corrected chi connectivity index (χ3v) is 3.77. The van der Waals surface area contributed by atoms with E-state index in [4.69, 9.17) is 5.26 Å². The average Bonchev–Trinajstić information content (AvgIpc) is 2.65. The highest BCUT2D eigenvalue weighted by Gasteiger charge is 2.14. The number of hydrogen-bond acceptors (Lipinski definition) is 4. The highest BCUT2D eigenvalue weighted by atomic mass is 16.2. The molecule has 0 bridgehead atoms. The lowest BCUT2D eigenvalue weighted by molar-refractivity contribution is 0.0954. The lowest BCUT2D eigenvalue weighted by Crippen LogP contribution is -2.27. The van der Waals surface area contributed by atoms with E-state index in [9.17, 15) is 9.59 Å². The molecule has 3 amide bonds. The second kappa shape index (κ2) is 9.25. The smallest absolute Gasteiger partial charge is 0.323 e. The van der Waals surface area contributed by atoms with Gasteiger partial charge in [-0.25, -0.2) is 4.79 Å². The predicted octanol–water partition coefficient (Wildman–Crippen LogP) is 3.41. The van der Waals surface area contributed by atoms with Crippen molar-refractivity contribution in [1.29, 1.82) is 5.26 Å². The van der Waals surface area contributed by atoms with Crippen LogP contribution in [0.4, 0.5) is 21.9 Å². The van der Waals surface area contributed by atoms with E-state index in [1.807, 2.05) is 32.0 Å². The molecular weight excluding hydrogens is 342 g/mol. The molecule has 0 aromatic heterocycles. The quantitative estimate of drug-likeness (QED) is 0.731. The number of benzene rings is 2. The van der Waals surface area contributed by atoms with E-state index in [0.717, 1.165) is 12.1 Å². The maximum Gasteiger partial charge on any atom is 0.323 e. The zero-order valence-electron chi connectivity index (χ0n) is 15.7. The molecule has 0 heterocycles. The normalized spacial score (nSPS) is 9.85. The number of nitriles is 1. The predicted molar refractivity (Wildman–Crippen MR) is 107 cm³/mol. The van der Waals surface area contributed by atoms with Gasteiger partial charge in [0.05, 0.1) is 17.2 Å². The molecule has 0 saturated heterocycles. The minimum Gasteiger partial charge on any atom is -0.377 e. The van der Waals surface area contributed by atoms with Crippen LogP contribution in [0, 0.1) is 11.3 Å². The molecule has 0 atom stereocenters. The van der Waals surface area contributed by atoms with Crippen LogP contribution in [0.25, 0.3) is 0 Å². The Labute approximate surface area is 159 Å². The van der Waals surface area contributed by atoms with Crippen LogP contribution in [0.1, 0.15) is 29.3 Å². The summed E-state index contributed by atoms with van der Waals surface area (Å²) in [6.07, 6.45) is 0.838. The summed E-state index contributed by atoms with van der Waals surface area (Å²) in [5.74, 6) is -0.189. The molecule has 0 radical (unpaired) electrons. The van der Waals surface area contributed by atoms with Gasteiger partial charge in [0.2, 0.25) is 0 Å². The van der Waals surface area contributed by atoms with Crippen molar-refractivity contribution in [3.05, 3.63) is 53.6 Å². The summed E-state index contributed by atoms with van der Waals surface area (Å²) in [4.78, 5) is 26.5. The lowest BCUT2D eigenvalue weighted by atomic mass is 10.1. The second-order valence-electron chi connectivity index (χ2n) is 6.15. The van der Waals surface area contributed by atoms with Crippen molar-refractivity contribution in [3.8, 4) is 6.07 Å². The topological polar surface area (TPSA) is 97.3 Å². The van der Waals surface area contributed by atoms with Gasteiger partial charge in [-0.3, -0.25) is 4.79 Å². The van der Waals surface area contributed by atoms with Gasteiger partial charge in [-0.15, -0.1) is 0 Å². The van der Waals surface area contributed by atoms with Crippen LogP contribution in [0.2, 0.25) is 0 Å². The van der Waals surface area contributed by atoms with Gasteiger partial charge in [-0.1, -0.05) is 13.0 Å². The molecular formula is C20H23N5O2. The molecule has 3 N–H and O–H groups in total. The largest absolute Gasteiger partial charge is 0.377 e. The van der Waals surface area contributed by atoms with Crippen LogP contribution in [0.5, 0.6) is 0 Å². The Morgan fingerprint density at radius 2 is 1.78 bits per heavy atom. The van der Waals surface area contributed by atoms with Crippen molar-refractivity contribution >= 4 is 29.0 Å². The molecule has 0 fully saturated rings. The first-order chi connectivity index (χ1) is 12.9. The van der Waals surface area contributed by atoms with Crippen LogP contribution in [0.15, 0.2) is 42.5 Å². The van der Waals surface area contributed by atoms with Crippen LogP contribution in [-0.4, -0.2) is 32.6 Å². The number of amides is 3. The summed E-state index contributed by atoms with van der Waals surface area (Å²) in [6, 6.07) is 13.4. The number of rotatable bonds is 6. The molecule has 2 aromatic rings. The molecule has 2 aromatic carbocycles. The van der Waals surface area contributed by atoms with E-state index in [1.165, 1.54) is 0 Å². The molecule has 7 nitrogen and oxygen atoms in total. The molecule has 7 heteroatoms. The van der Waals surface area contributed by atoms with Gasteiger partial charge in [0.25, 0.3) is 5.91 Å². The van der Waals surface area contributed by atoms with Gasteiger partial charge in [0, 0.05) is 37.7 Å². The number of urea groups is 1. The van der Waals surface area contributed by atoms with Crippen LogP contribution in [-0.2, 0) is 0 Å². The van der Waals surface area contributed by atoms with Crippen molar-refractivity contribution in [2.24, 2.45) is 0 Å². The summed E-state index contributed by atoms with van der Waals surface area (Å²) in [5, 5.41) is 17.2. The fraction of sp³-hybridized carbons (Fsp3) is 0.250. The van der Waals surface area contributed by atoms with Crippen LogP contribution < -0.4 is 20.9 Å². The standard InChI is InChI=1S/C20H23N5O2/c1-4-10-22-19(26)17-12-16(8-9-18(17)25(2)3)24-20(27)23-15-7-5-6-14(11-15)13-21/h5-9,11-12H,4,10H2,1-3H3,(H,22,26)(H2,23,24,27). The Balaban J connectivity index is 2.16. The van der Waals surface area contributed by atoms with Crippen LogP contribution in [0.3, 0.4) is 0 Å². The van der Waals surface area contributed by atoms with Crippen molar-refractivity contribution < 1.29 is 9.59 Å². The minimum atomic E-state index is -0.456. The van der Waals surface area contributed by atoms with Gasteiger partial charge < -0.3 is 20.9 Å². The summed E-state index contributed by atoms with van der Waals surface area (Å²) in [5.41, 5.74) is 2.71. The number of carbonyl (C=O) groups excluding carboxylic acids is 2. The van der Waals surface area contributed by atoms with E-state index < -0.39 is 6.03 Å². The van der Waals surface area contributed by atoms with Gasteiger partial charge in [-0.2, -0.15) is 5.26 Å². The van der Waals surface area contributed by atoms with Crippen molar-refractivity contribution in [2.75, 3.05) is 36.2 Å². The average molecular weight is 365 g/mol. The molecule has 0 unspecified atom stereocenters. The van der Waals surface area contributed by atoms with E-state index in [0.29, 0.717) is 29.0 Å². The monoisotopic (exact) mass is 365 g/mol. The molecule has 0 aliphatic carbocycles. The van der Waals surface area contributed by atoms with E-state index in [-0.39, 0.29) is 5.91 Å². The number of anilines is 3. The first kappa shape index (κ1) is 19.8. The number of hydrogen-bond donors (Lipinski definition) is 3. The Morgan fingerprint density at radius 1 is 1.07 bits per heavy atom. The molecule has 140 valence electrons. The molecule has 2 rings (SSSR count). The van der Waals surface area contributed by atoms with Gasteiger partial charge in [-0.05, 0) is 42.8 Å². The third kappa shape index (κ3) is 5.47. The highest BCUT2D eigenvalue weighted by molar-refractivity contribution is 6.04. The van der Waals surface area contributed by atoms with Crippen molar-refractivity contribution in [2.45, 2.75) is 13.3 Å². The Bertz CT molecular complexity index is 871. The SMILES string of the molecule is CCCNC(=O)c1cc(NC(=O)Nc2cccc(C#N)c2)ccc1N(C)C. The van der Waals surface area contributed by atoms with Crippen molar-refractivity contribution in [3.63, 3.8) is 0 Å². The molecule has 0 aliphatic rings. The van der Waals surface area contributed by atoms with Gasteiger partial charge in [0.1, 0.15) is 0 Å². The van der Waals surface area contributed by atoms with E-state index in [2.05, 4.69) is 16.0 Å². The number of nitrogens with one attached hydrogen (secondary N) is 3. The summed E-state index contributed by atoms with van der Waals surface area (Å²) >= 11 is 0. The number of carbonyl (C=O) groups is 2. The third-order valence-electron chi connectivity index (χ3n) is 3.77. The fourth-order valence-electron chi connectivity index (χ4n) is 2.48. The summed E-state index contributed by atoms with van der Waals surface area (Å²) in [6.45, 7) is 2.57.